The molecule has 0 saturated carbocycles. The van der Waals surface area contributed by atoms with Gasteiger partial charge in [0, 0.05) is 5.56 Å². The molecule has 2 amide bonds. The average Bonchev–Trinajstić information content (AvgIpc) is 3.09. The van der Waals surface area contributed by atoms with Gasteiger partial charge in [-0.15, -0.1) is 0 Å². The number of aromatic nitrogens is 3. The van der Waals surface area contributed by atoms with Crippen molar-refractivity contribution in [2.24, 2.45) is 5.73 Å². The van der Waals surface area contributed by atoms with E-state index in [1.165, 1.54) is 10.8 Å². The molecule has 3 heterocycles. The molecule has 1 fully saturated rings. The fourth-order valence-corrected chi connectivity index (χ4v) is 3.09. The molecule has 0 bridgehead atoms. The predicted molar refractivity (Wildman–Crippen MR) is 92.2 cm³/mol. The quantitative estimate of drug-likeness (QED) is 0.752. The summed E-state index contributed by atoms with van der Waals surface area (Å²) in [5.41, 5.74) is 8.20. The molecular weight excluding hydrogens is 356 g/mol. The number of amides is 2. The smallest absolute Gasteiger partial charge is 0.282 e. The number of nitrogens with zero attached hydrogens (tertiary/aromatic N) is 4. The summed E-state index contributed by atoms with van der Waals surface area (Å²) in [7, 11) is 0. The van der Waals surface area contributed by atoms with Crippen LogP contribution in [0.15, 0.2) is 42.7 Å². The van der Waals surface area contributed by atoms with Crippen LogP contribution in [0, 0.1) is 0 Å². The van der Waals surface area contributed by atoms with Crippen molar-refractivity contribution in [1.29, 1.82) is 0 Å². The maximum atomic E-state index is 12.9. The fraction of sp³-hybridized carbons (Fsp3) is 0.222. The standard InChI is InChI=1S/C18H15F2N5O2/c19-18(20)8-24(9-18)15(26)7-11-1-3-12(4-2-11)14-6-5-13(16(21)27)17-22-10-23-25(14)17/h1-6,10H,7-9H2,(H2,21,27). The topological polar surface area (TPSA) is 93.6 Å². The molecule has 27 heavy (non-hydrogen) atoms. The summed E-state index contributed by atoms with van der Waals surface area (Å²) in [6.07, 6.45) is 1.40. The Morgan fingerprint density at radius 3 is 2.44 bits per heavy atom. The molecule has 1 aliphatic heterocycles. The third-order valence-corrected chi connectivity index (χ3v) is 4.49. The van der Waals surface area contributed by atoms with Gasteiger partial charge in [0.15, 0.2) is 5.65 Å². The van der Waals surface area contributed by atoms with Gasteiger partial charge in [0.05, 0.1) is 30.8 Å². The number of hydrogen-bond donors (Lipinski definition) is 1. The molecule has 4 rings (SSSR count). The molecule has 1 aliphatic rings. The lowest BCUT2D eigenvalue weighted by Crippen LogP contribution is -2.58. The Labute approximate surface area is 152 Å². The summed E-state index contributed by atoms with van der Waals surface area (Å²) in [6, 6.07) is 10.4. The number of carbonyl (C=O) groups is 2. The number of rotatable bonds is 4. The van der Waals surface area contributed by atoms with Gasteiger partial charge in [-0.1, -0.05) is 24.3 Å². The van der Waals surface area contributed by atoms with Gasteiger partial charge in [0.2, 0.25) is 5.91 Å². The molecule has 138 valence electrons. The van der Waals surface area contributed by atoms with Crippen molar-refractivity contribution in [3.8, 4) is 11.3 Å². The van der Waals surface area contributed by atoms with E-state index in [0.29, 0.717) is 11.3 Å². The van der Waals surface area contributed by atoms with Crippen molar-refractivity contribution in [2.45, 2.75) is 12.3 Å². The van der Waals surface area contributed by atoms with E-state index in [1.54, 1.807) is 36.4 Å². The Hall–Kier alpha value is -3.36. The largest absolute Gasteiger partial charge is 0.365 e. The second-order valence-electron chi connectivity index (χ2n) is 6.47. The van der Waals surface area contributed by atoms with Gasteiger partial charge >= 0.3 is 0 Å². The minimum atomic E-state index is -2.76. The van der Waals surface area contributed by atoms with Crippen LogP contribution in [0.1, 0.15) is 15.9 Å². The molecule has 0 atom stereocenters. The van der Waals surface area contributed by atoms with Crippen LogP contribution >= 0.6 is 0 Å². The van der Waals surface area contributed by atoms with Gasteiger partial charge in [0.25, 0.3) is 11.8 Å². The van der Waals surface area contributed by atoms with E-state index in [2.05, 4.69) is 10.1 Å². The van der Waals surface area contributed by atoms with E-state index >= 15 is 0 Å². The minimum Gasteiger partial charge on any atom is -0.365 e. The Morgan fingerprint density at radius 1 is 1.11 bits per heavy atom. The molecule has 1 saturated heterocycles. The third-order valence-electron chi connectivity index (χ3n) is 4.49. The number of nitrogens with two attached hydrogens (primary N) is 1. The molecule has 3 aromatic rings. The maximum Gasteiger partial charge on any atom is 0.282 e. The summed E-state index contributed by atoms with van der Waals surface area (Å²) in [5, 5.41) is 4.13. The van der Waals surface area contributed by atoms with E-state index < -0.39 is 24.9 Å². The number of fused-ring (bicyclic) bond motifs is 1. The van der Waals surface area contributed by atoms with E-state index in [1.807, 2.05) is 0 Å². The Morgan fingerprint density at radius 2 is 1.81 bits per heavy atom. The lowest BCUT2D eigenvalue weighted by Gasteiger charge is -2.38. The highest BCUT2D eigenvalue weighted by atomic mass is 19.3. The van der Waals surface area contributed by atoms with Crippen molar-refractivity contribution < 1.29 is 18.4 Å². The summed E-state index contributed by atoms with van der Waals surface area (Å²) in [4.78, 5) is 28.7. The zero-order chi connectivity index (χ0) is 19.2. The number of pyridine rings is 1. The van der Waals surface area contributed by atoms with Gasteiger partial charge in [-0.25, -0.2) is 18.3 Å². The molecule has 9 heteroatoms. The predicted octanol–water partition coefficient (Wildman–Crippen LogP) is 1.52. The molecule has 0 spiro atoms. The number of carbonyl (C=O) groups excluding carboxylic acids is 2. The first kappa shape index (κ1) is 17.1. The number of likely N-dealkylation sites (tertiary alicyclic amines) is 1. The van der Waals surface area contributed by atoms with Crippen molar-refractivity contribution in [3.63, 3.8) is 0 Å². The average molecular weight is 371 g/mol. The summed E-state index contributed by atoms with van der Waals surface area (Å²) < 4.78 is 27.3. The van der Waals surface area contributed by atoms with Gasteiger partial charge in [0.1, 0.15) is 6.33 Å². The van der Waals surface area contributed by atoms with Crippen LogP contribution in [0.2, 0.25) is 0 Å². The summed E-state index contributed by atoms with van der Waals surface area (Å²) >= 11 is 0. The second-order valence-corrected chi connectivity index (χ2v) is 6.47. The number of benzene rings is 1. The van der Waals surface area contributed by atoms with Crippen molar-refractivity contribution >= 4 is 17.5 Å². The number of alkyl halides is 2. The van der Waals surface area contributed by atoms with E-state index in [4.69, 9.17) is 5.73 Å². The maximum absolute atomic E-state index is 12.9. The zero-order valence-corrected chi connectivity index (χ0v) is 14.1. The normalized spacial score (nSPS) is 15.6. The lowest BCUT2D eigenvalue weighted by atomic mass is 10.0. The van der Waals surface area contributed by atoms with E-state index in [-0.39, 0.29) is 17.9 Å². The highest BCUT2D eigenvalue weighted by molar-refractivity contribution is 5.99. The molecule has 0 aliphatic carbocycles. The zero-order valence-electron chi connectivity index (χ0n) is 14.1. The van der Waals surface area contributed by atoms with Gasteiger partial charge < -0.3 is 10.6 Å². The van der Waals surface area contributed by atoms with Gasteiger partial charge in [-0.05, 0) is 17.7 Å². The number of halogens is 2. The second kappa shape index (κ2) is 6.11. The van der Waals surface area contributed by atoms with Crippen LogP contribution in [0.25, 0.3) is 16.9 Å². The van der Waals surface area contributed by atoms with Crippen molar-refractivity contribution in [3.05, 3.63) is 53.9 Å². The highest BCUT2D eigenvalue weighted by Crippen LogP contribution is 2.27. The van der Waals surface area contributed by atoms with Crippen LogP contribution in [0.3, 0.4) is 0 Å². The van der Waals surface area contributed by atoms with Crippen LogP contribution in [0.5, 0.6) is 0 Å². The number of primary amides is 1. The first-order valence-corrected chi connectivity index (χ1v) is 8.21. The van der Waals surface area contributed by atoms with Gasteiger partial charge in [-0.2, -0.15) is 5.10 Å². The monoisotopic (exact) mass is 371 g/mol. The summed E-state index contributed by atoms with van der Waals surface area (Å²) in [6.45, 7) is -1.03. The molecule has 2 N–H and O–H groups in total. The van der Waals surface area contributed by atoms with Crippen LogP contribution in [-0.2, 0) is 11.2 Å². The van der Waals surface area contributed by atoms with E-state index in [9.17, 15) is 18.4 Å². The Bertz CT molecular complexity index is 1040. The molecule has 7 nitrogen and oxygen atoms in total. The summed E-state index contributed by atoms with van der Waals surface area (Å²) in [5.74, 6) is -3.68. The third kappa shape index (κ3) is 3.12. The molecule has 2 aromatic heterocycles. The fourth-order valence-electron chi connectivity index (χ4n) is 3.09. The van der Waals surface area contributed by atoms with Gasteiger partial charge in [-0.3, -0.25) is 9.59 Å². The first-order valence-electron chi connectivity index (χ1n) is 8.21. The Balaban J connectivity index is 1.55. The van der Waals surface area contributed by atoms with Crippen molar-refractivity contribution in [1.82, 2.24) is 19.5 Å². The SMILES string of the molecule is NC(=O)c1ccc(-c2ccc(CC(=O)N3CC(F)(F)C3)cc2)n2ncnc12. The highest BCUT2D eigenvalue weighted by Gasteiger charge is 2.45. The van der Waals surface area contributed by atoms with E-state index in [0.717, 1.165) is 16.0 Å². The number of hydrogen-bond acceptors (Lipinski definition) is 4. The molecule has 0 radical (unpaired) electrons. The molecule has 1 aromatic carbocycles. The molecular formula is C18H15F2N5O2. The van der Waals surface area contributed by atoms with Crippen molar-refractivity contribution in [2.75, 3.05) is 13.1 Å². The minimum absolute atomic E-state index is 0.0652. The van der Waals surface area contributed by atoms with Crippen LogP contribution < -0.4 is 5.73 Å². The van der Waals surface area contributed by atoms with Crippen LogP contribution in [0.4, 0.5) is 8.78 Å². The Kier molecular flexibility index (Phi) is 3.87. The van der Waals surface area contributed by atoms with Crippen LogP contribution in [-0.4, -0.2) is 50.3 Å². The lowest BCUT2D eigenvalue weighted by molar-refractivity contribution is -0.165. The first-order chi connectivity index (χ1) is 12.8. The molecule has 0 unspecified atom stereocenters.